The molecular weight excluding hydrogens is 190 g/mol. The predicted molar refractivity (Wildman–Crippen MR) is 48.6 cm³/mol. The molecule has 0 atom stereocenters. The lowest BCUT2D eigenvalue weighted by Gasteiger charge is -2.03. The Bertz CT molecular complexity index is 359. The van der Waals surface area contributed by atoms with Crippen LogP contribution in [0.2, 0.25) is 5.02 Å². The maximum absolute atomic E-state index is 6.70. The minimum absolute atomic E-state index is 0.151. The zero-order chi connectivity index (χ0) is 9.84. The van der Waals surface area contributed by atoms with Crippen LogP contribution in [0.5, 0.6) is 6.01 Å². The SMILES string of the molecule is [C-]#[N+]Cc1nc(OC)nc(C)c1Cl. The van der Waals surface area contributed by atoms with Crippen LogP contribution in [0.25, 0.3) is 4.85 Å². The summed E-state index contributed by atoms with van der Waals surface area (Å²) in [6.45, 7) is 8.60. The maximum Gasteiger partial charge on any atom is 0.316 e. The van der Waals surface area contributed by atoms with Crippen LogP contribution in [0.4, 0.5) is 0 Å². The van der Waals surface area contributed by atoms with Gasteiger partial charge in [0.1, 0.15) is 5.69 Å². The Kier molecular flexibility index (Phi) is 3.04. The van der Waals surface area contributed by atoms with Crippen molar-refractivity contribution in [3.8, 4) is 6.01 Å². The summed E-state index contributed by atoms with van der Waals surface area (Å²) in [6.07, 6.45) is 0. The first-order valence-electron chi connectivity index (χ1n) is 3.59. The molecule has 0 aromatic carbocycles. The molecule has 0 fully saturated rings. The van der Waals surface area contributed by atoms with Gasteiger partial charge in [0.2, 0.25) is 0 Å². The fourth-order valence-corrected chi connectivity index (χ4v) is 1.01. The van der Waals surface area contributed by atoms with E-state index >= 15 is 0 Å². The van der Waals surface area contributed by atoms with Gasteiger partial charge in [0.05, 0.1) is 17.8 Å². The molecule has 1 aromatic heterocycles. The van der Waals surface area contributed by atoms with Crippen LogP contribution >= 0.6 is 11.6 Å². The second-order valence-electron chi connectivity index (χ2n) is 2.37. The van der Waals surface area contributed by atoms with E-state index in [0.717, 1.165) is 0 Å². The molecule has 0 bridgehead atoms. The van der Waals surface area contributed by atoms with Gasteiger partial charge in [0.15, 0.2) is 0 Å². The van der Waals surface area contributed by atoms with Crippen molar-refractivity contribution in [2.45, 2.75) is 13.5 Å². The topological polar surface area (TPSA) is 39.4 Å². The summed E-state index contributed by atoms with van der Waals surface area (Å²) in [5, 5.41) is 0.441. The minimum atomic E-state index is 0.151. The Hall–Kier alpha value is -1.34. The van der Waals surface area contributed by atoms with Crippen LogP contribution in [0, 0.1) is 13.5 Å². The van der Waals surface area contributed by atoms with Gasteiger partial charge in [-0.05, 0) is 6.92 Å². The lowest BCUT2D eigenvalue weighted by molar-refractivity contribution is 0.377. The number of nitrogens with zero attached hydrogens (tertiary/aromatic N) is 3. The first kappa shape index (κ1) is 9.75. The molecule has 0 spiro atoms. The van der Waals surface area contributed by atoms with Gasteiger partial charge in [-0.2, -0.15) is 9.97 Å². The molecule has 0 saturated carbocycles. The summed E-state index contributed by atoms with van der Waals surface area (Å²) in [6, 6.07) is 0.251. The molecule has 5 heteroatoms. The molecule has 0 radical (unpaired) electrons. The first-order chi connectivity index (χ1) is 6.19. The zero-order valence-corrected chi connectivity index (χ0v) is 8.09. The van der Waals surface area contributed by atoms with Gasteiger partial charge in [-0.15, -0.1) is 0 Å². The molecule has 0 amide bonds. The van der Waals surface area contributed by atoms with E-state index in [2.05, 4.69) is 14.8 Å². The van der Waals surface area contributed by atoms with Crippen LogP contribution in [0.15, 0.2) is 0 Å². The van der Waals surface area contributed by atoms with Crippen LogP contribution in [-0.4, -0.2) is 17.1 Å². The van der Waals surface area contributed by atoms with Crippen molar-refractivity contribution < 1.29 is 4.74 Å². The second-order valence-corrected chi connectivity index (χ2v) is 2.75. The molecule has 1 rings (SSSR count). The molecule has 68 valence electrons. The van der Waals surface area contributed by atoms with Crippen molar-refractivity contribution in [1.82, 2.24) is 9.97 Å². The van der Waals surface area contributed by atoms with Crippen molar-refractivity contribution in [2.75, 3.05) is 7.11 Å². The highest BCUT2D eigenvalue weighted by atomic mass is 35.5. The van der Waals surface area contributed by atoms with Gasteiger partial charge in [-0.3, -0.25) is 0 Å². The third kappa shape index (κ3) is 2.07. The van der Waals surface area contributed by atoms with Gasteiger partial charge >= 0.3 is 6.01 Å². The average molecular weight is 198 g/mol. The third-order valence-corrected chi connectivity index (χ3v) is 1.97. The molecule has 1 aromatic rings. The van der Waals surface area contributed by atoms with Crippen molar-refractivity contribution in [3.05, 3.63) is 27.8 Å². The number of ether oxygens (including phenoxy) is 1. The molecule has 0 aliphatic carbocycles. The molecule has 0 saturated heterocycles. The maximum atomic E-state index is 6.70. The van der Waals surface area contributed by atoms with E-state index in [4.69, 9.17) is 22.9 Å². The number of aryl methyl sites for hydroxylation is 1. The first-order valence-corrected chi connectivity index (χ1v) is 3.97. The Morgan fingerprint density at radius 2 is 2.23 bits per heavy atom. The quantitative estimate of drug-likeness (QED) is 0.680. The Balaban J connectivity index is 3.18. The summed E-state index contributed by atoms with van der Waals surface area (Å²) in [4.78, 5) is 11.1. The lowest BCUT2D eigenvalue weighted by atomic mass is 10.3. The summed E-state index contributed by atoms with van der Waals surface area (Å²) < 4.78 is 4.85. The number of rotatable bonds is 2. The number of halogens is 1. The van der Waals surface area contributed by atoms with E-state index in [1.165, 1.54) is 7.11 Å². The highest BCUT2D eigenvalue weighted by Crippen LogP contribution is 2.20. The van der Waals surface area contributed by atoms with E-state index < -0.39 is 0 Å². The molecule has 4 nitrogen and oxygen atoms in total. The molecule has 13 heavy (non-hydrogen) atoms. The Labute approximate surface area is 81.3 Å². The summed E-state index contributed by atoms with van der Waals surface area (Å²) >= 11 is 5.88. The van der Waals surface area contributed by atoms with E-state index in [1.807, 2.05) is 0 Å². The molecule has 0 unspecified atom stereocenters. The van der Waals surface area contributed by atoms with Crippen LogP contribution in [0.3, 0.4) is 0 Å². The Morgan fingerprint density at radius 1 is 1.54 bits per heavy atom. The monoisotopic (exact) mass is 197 g/mol. The van der Waals surface area contributed by atoms with Gasteiger partial charge in [-0.25, -0.2) is 6.57 Å². The molecule has 1 heterocycles. The normalized spacial score (nSPS) is 9.38. The van der Waals surface area contributed by atoms with Crippen LogP contribution in [0.1, 0.15) is 11.4 Å². The summed E-state index contributed by atoms with van der Waals surface area (Å²) in [5.74, 6) is 0. The van der Waals surface area contributed by atoms with Gasteiger partial charge in [0, 0.05) is 0 Å². The number of methoxy groups -OCH3 is 1. The van der Waals surface area contributed by atoms with Crippen molar-refractivity contribution in [2.24, 2.45) is 0 Å². The van der Waals surface area contributed by atoms with E-state index in [0.29, 0.717) is 16.4 Å². The van der Waals surface area contributed by atoms with E-state index in [-0.39, 0.29) is 12.6 Å². The second kappa shape index (κ2) is 4.06. The largest absolute Gasteiger partial charge is 0.467 e. The van der Waals surface area contributed by atoms with Crippen molar-refractivity contribution in [3.63, 3.8) is 0 Å². The zero-order valence-electron chi connectivity index (χ0n) is 7.33. The summed E-state index contributed by atoms with van der Waals surface area (Å²) in [5.41, 5.74) is 1.15. The average Bonchev–Trinajstić information content (AvgIpc) is 2.13. The number of aromatic nitrogens is 2. The number of hydrogen-bond acceptors (Lipinski definition) is 3. The van der Waals surface area contributed by atoms with Gasteiger partial charge in [-0.1, -0.05) is 11.6 Å². The van der Waals surface area contributed by atoms with Gasteiger partial charge in [0.25, 0.3) is 6.54 Å². The van der Waals surface area contributed by atoms with Crippen LogP contribution < -0.4 is 4.74 Å². The van der Waals surface area contributed by atoms with Gasteiger partial charge < -0.3 is 9.58 Å². The van der Waals surface area contributed by atoms with Crippen molar-refractivity contribution >= 4 is 11.6 Å². The van der Waals surface area contributed by atoms with E-state index in [1.54, 1.807) is 6.92 Å². The number of hydrogen-bond donors (Lipinski definition) is 0. The standard InChI is InChI=1S/C8H8ClN3O/c1-5-7(9)6(4-10-2)12-8(11-5)13-3/h4H2,1,3H3. The highest BCUT2D eigenvalue weighted by Gasteiger charge is 2.11. The molecule has 0 aliphatic rings. The third-order valence-electron chi connectivity index (χ3n) is 1.48. The molecule has 0 aliphatic heterocycles. The predicted octanol–water partition coefficient (Wildman–Crippen LogP) is 1.87. The molecular formula is C8H8ClN3O. The smallest absolute Gasteiger partial charge is 0.316 e. The molecule has 0 N–H and O–H groups in total. The van der Waals surface area contributed by atoms with E-state index in [9.17, 15) is 0 Å². The Morgan fingerprint density at radius 3 is 2.77 bits per heavy atom. The summed E-state index contributed by atoms with van der Waals surface area (Å²) in [7, 11) is 1.48. The highest BCUT2D eigenvalue weighted by molar-refractivity contribution is 6.31. The fraction of sp³-hybridized carbons (Fsp3) is 0.375. The minimum Gasteiger partial charge on any atom is -0.467 e. The lowest BCUT2D eigenvalue weighted by Crippen LogP contribution is -1.99. The fourth-order valence-electron chi connectivity index (χ4n) is 0.862. The van der Waals surface area contributed by atoms with Crippen molar-refractivity contribution in [1.29, 1.82) is 0 Å². The van der Waals surface area contributed by atoms with Crippen LogP contribution in [-0.2, 0) is 6.54 Å².